The Morgan fingerprint density at radius 2 is 1.89 bits per heavy atom. The first-order chi connectivity index (χ1) is 18.1. The summed E-state index contributed by atoms with van der Waals surface area (Å²) in [5, 5.41) is 2.03. The molecule has 10 heteroatoms. The molecule has 0 atom stereocenters. The largest absolute Gasteiger partial charge is 0.416 e. The number of hydrogen-bond donors (Lipinski definition) is 0. The van der Waals surface area contributed by atoms with Gasteiger partial charge in [-0.25, -0.2) is 0 Å². The fourth-order valence-electron chi connectivity index (χ4n) is 4.67. The first-order valence-corrected chi connectivity index (χ1v) is 16.0. The zero-order valence-corrected chi connectivity index (χ0v) is 24.0. The van der Waals surface area contributed by atoms with Crippen LogP contribution < -0.4 is 4.90 Å². The molecule has 1 aromatic carbocycles. The molecule has 0 spiro atoms. The average Bonchev–Trinajstić information content (AvgIpc) is 3.33. The van der Waals surface area contributed by atoms with Gasteiger partial charge < -0.3 is 4.90 Å². The van der Waals surface area contributed by atoms with Crippen molar-refractivity contribution in [3.05, 3.63) is 80.8 Å². The second-order valence-electron chi connectivity index (χ2n) is 9.51. The van der Waals surface area contributed by atoms with E-state index < -0.39 is 11.7 Å². The summed E-state index contributed by atoms with van der Waals surface area (Å²) >= 11 is 7.16. The molecule has 5 rings (SSSR count). The number of thiophene rings is 1. The molecule has 2 aromatic heterocycles. The summed E-state index contributed by atoms with van der Waals surface area (Å²) in [5.41, 5.74) is 4.84. The van der Waals surface area contributed by atoms with Gasteiger partial charge in [0.1, 0.15) is 0 Å². The molecule has 204 valence electrons. The second kappa shape index (κ2) is 12.8. The Balaban J connectivity index is 0.000000236. The van der Waals surface area contributed by atoms with Gasteiger partial charge in [-0.1, -0.05) is 36.3 Å². The van der Waals surface area contributed by atoms with Crippen LogP contribution in [0, 0.1) is 0 Å². The molecule has 0 amide bonds. The summed E-state index contributed by atoms with van der Waals surface area (Å²) in [5.74, 6) is 2.42. The number of alkyl halides is 3. The van der Waals surface area contributed by atoms with E-state index in [9.17, 15) is 18.0 Å². The van der Waals surface area contributed by atoms with E-state index in [-0.39, 0.29) is 15.2 Å². The average molecular weight is 580 g/mol. The van der Waals surface area contributed by atoms with Crippen molar-refractivity contribution in [1.82, 2.24) is 9.88 Å². The highest BCUT2D eigenvalue weighted by molar-refractivity contribution is 8.28. The van der Waals surface area contributed by atoms with Crippen molar-refractivity contribution >= 4 is 43.4 Å². The van der Waals surface area contributed by atoms with E-state index in [4.69, 9.17) is 11.2 Å². The highest BCUT2D eigenvalue weighted by Crippen LogP contribution is 2.31. The third-order valence-electron chi connectivity index (χ3n) is 6.80. The number of hydrogen-bond acceptors (Lipinski definition) is 6. The number of benzene rings is 1. The second-order valence-corrected chi connectivity index (χ2v) is 13.6. The molecule has 0 aliphatic carbocycles. The van der Waals surface area contributed by atoms with Crippen LogP contribution in [0.1, 0.15) is 51.3 Å². The fraction of sp³-hybridized carbons (Fsp3) is 0.429. The lowest BCUT2D eigenvalue weighted by Crippen LogP contribution is -2.37. The monoisotopic (exact) mass is 579 g/mol. The molecule has 0 unspecified atom stereocenters. The molecule has 1 saturated heterocycles. The van der Waals surface area contributed by atoms with Gasteiger partial charge in [0.05, 0.1) is 17.4 Å². The fourth-order valence-corrected chi connectivity index (χ4v) is 7.35. The lowest BCUT2D eigenvalue weighted by molar-refractivity contribution is -0.137. The molecule has 4 heterocycles. The maximum Gasteiger partial charge on any atom is 0.416 e. The van der Waals surface area contributed by atoms with Gasteiger partial charge in [-0.2, -0.15) is 13.2 Å². The Morgan fingerprint density at radius 1 is 1.13 bits per heavy atom. The van der Waals surface area contributed by atoms with Crippen LogP contribution in [-0.4, -0.2) is 46.8 Å². The van der Waals surface area contributed by atoms with E-state index in [1.54, 1.807) is 24.3 Å². The van der Waals surface area contributed by atoms with Gasteiger partial charge in [0, 0.05) is 66.2 Å². The summed E-state index contributed by atoms with van der Waals surface area (Å²) in [6, 6.07) is 7.67. The molecule has 3 aromatic rings. The van der Waals surface area contributed by atoms with Crippen molar-refractivity contribution in [1.29, 1.82) is 0 Å². The third-order valence-corrected chi connectivity index (χ3v) is 10.1. The van der Waals surface area contributed by atoms with Crippen LogP contribution in [0.5, 0.6) is 0 Å². The molecule has 4 nitrogen and oxygen atoms in total. The molecular formula is C28H32F3N3OS3. The van der Waals surface area contributed by atoms with E-state index in [0.29, 0.717) is 12.0 Å². The number of fused-ring (bicyclic) bond motifs is 1. The van der Waals surface area contributed by atoms with E-state index >= 15 is 0 Å². The van der Waals surface area contributed by atoms with Gasteiger partial charge in [-0.05, 0) is 48.6 Å². The Bertz CT molecular complexity index is 1280. The number of carbonyl (C=O) groups excluding carboxylic acids is 1. The minimum absolute atomic E-state index is 0.172. The van der Waals surface area contributed by atoms with Gasteiger partial charge in [0.25, 0.3) is 0 Å². The number of aryl methyl sites for hydroxylation is 1. The lowest BCUT2D eigenvalue weighted by Gasteiger charge is -2.30. The highest BCUT2D eigenvalue weighted by Gasteiger charge is 2.30. The maximum atomic E-state index is 12.1. The van der Waals surface area contributed by atoms with E-state index in [2.05, 4.69) is 20.9 Å². The van der Waals surface area contributed by atoms with Crippen LogP contribution >= 0.6 is 11.3 Å². The molecule has 2 aliphatic heterocycles. The van der Waals surface area contributed by atoms with Crippen molar-refractivity contribution in [2.24, 2.45) is 0 Å². The first kappa shape index (κ1) is 28.9. The maximum absolute atomic E-state index is 12.1. The van der Waals surface area contributed by atoms with Crippen molar-refractivity contribution in [2.75, 3.05) is 36.0 Å². The molecular weight excluding hydrogens is 548 g/mol. The van der Waals surface area contributed by atoms with E-state index in [1.165, 1.54) is 33.8 Å². The normalized spacial score (nSPS) is 16.5. The zero-order valence-electron chi connectivity index (χ0n) is 21.6. The molecule has 0 saturated carbocycles. The van der Waals surface area contributed by atoms with E-state index in [0.717, 1.165) is 62.3 Å². The van der Waals surface area contributed by atoms with Gasteiger partial charge in [0.2, 0.25) is 0 Å². The predicted octanol–water partition coefficient (Wildman–Crippen LogP) is 6.07. The number of aromatic nitrogens is 1. The molecule has 0 N–H and O–H groups in total. The number of rotatable bonds is 5. The standard InChI is InChI=1S/C19H23N3OS3.C9H9F3/c1-14(23)18-13-25-19-12-21(3-2-17(18)19)11-15-8-16(10-20-9-15)22-4-6-26(24)7-5-22;1-2-7-4-3-5-8(6-7)9(10,11)12/h8-10,13H,2-7,11-12H2,1H3;3-6H,2H2,1H3. The summed E-state index contributed by atoms with van der Waals surface area (Å²) < 4.78 is 36.3. The number of pyridine rings is 1. The number of ketones is 1. The quantitative estimate of drug-likeness (QED) is 0.343. The van der Waals surface area contributed by atoms with Crippen LogP contribution in [-0.2, 0) is 52.7 Å². The van der Waals surface area contributed by atoms with Gasteiger partial charge >= 0.3 is 6.18 Å². The minimum atomic E-state index is -4.22. The third kappa shape index (κ3) is 7.49. The molecule has 38 heavy (non-hydrogen) atoms. The number of Topliss-reactive ketones (excluding diaryl/α,β-unsaturated/α-hetero) is 1. The Hall–Kier alpha value is -2.14. The Kier molecular flexibility index (Phi) is 9.73. The topological polar surface area (TPSA) is 36.4 Å². The van der Waals surface area contributed by atoms with Crippen LogP contribution in [0.15, 0.2) is 48.1 Å². The van der Waals surface area contributed by atoms with Crippen molar-refractivity contribution < 1.29 is 18.0 Å². The van der Waals surface area contributed by atoms with Crippen LogP contribution in [0.3, 0.4) is 0 Å². The number of halogens is 3. The van der Waals surface area contributed by atoms with Crippen LogP contribution in [0.2, 0.25) is 0 Å². The number of anilines is 1. The summed E-state index contributed by atoms with van der Waals surface area (Å²) in [7, 11) is 0.172. The summed E-state index contributed by atoms with van der Waals surface area (Å²) in [4.78, 5) is 22.4. The SMILES string of the molecule is CC(=O)c1csc2c1CCN(Cc1cncc(N3CCS(=S)CC3)c1)C2.CCc1cccc(C(F)(F)F)c1. The van der Waals surface area contributed by atoms with Gasteiger partial charge in [-0.3, -0.25) is 14.7 Å². The molecule has 2 aliphatic rings. The Labute approximate surface area is 233 Å². The van der Waals surface area contributed by atoms with Crippen molar-refractivity contribution in [3.63, 3.8) is 0 Å². The van der Waals surface area contributed by atoms with Crippen molar-refractivity contribution in [2.45, 2.75) is 46.0 Å². The van der Waals surface area contributed by atoms with Crippen LogP contribution in [0.4, 0.5) is 18.9 Å². The number of nitrogens with zero attached hydrogens (tertiary/aromatic N) is 3. The van der Waals surface area contributed by atoms with Crippen LogP contribution in [0.25, 0.3) is 0 Å². The van der Waals surface area contributed by atoms with E-state index in [1.807, 2.05) is 24.7 Å². The van der Waals surface area contributed by atoms with Crippen molar-refractivity contribution in [3.8, 4) is 0 Å². The van der Waals surface area contributed by atoms with Gasteiger partial charge in [0.15, 0.2) is 5.78 Å². The molecule has 0 radical (unpaired) electrons. The molecule has 0 bridgehead atoms. The lowest BCUT2D eigenvalue weighted by atomic mass is 10.0. The number of carbonyl (C=O) groups is 1. The first-order valence-electron chi connectivity index (χ1n) is 12.7. The smallest absolute Gasteiger partial charge is 0.369 e. The predicted molar refractivity (Wildman–Crippen MR) is 154 cm³/mol. The summed E-state index contributed by atoms with van der Waals surface area (Å²) in [6.07, 6.45) is 1.34. The van der Waals surface area contributed by atoms with Gasteiger partial charge in [-0.15, -0.1) is 20.8 Å². The zero-order chi connectivity index (χ0) is 27.3. The Morgan fingerprint density at radius 3 is 2.58 bits per heavy atom. The highest BCUT2D eigenvalue weighted by atomic mass is 32.8. The minimum Gasteiger partial charge on any atom is -0.369 e. The molecule has 1 fully saturated rings. The summed E-state index contributed by atoms with van der Waals surface area (Å²) in [6.45, 7) is 8.43.